The van der Waals surface area contributed by atoms with E-state index in [4.69, 9.17) is 4.74 Å². The average Bonchev–Trinajstić information content (AvgIpc) is 2.92. The number of methoxy groups -OCH3 is 1. The summed E-state index contributed by atoms with van der Waals surface area (Å²) in [6.07, 6.45) is 5.77. The zero-order chi connectivity index (χ0) is 14.7. The molecule has 2 aromatic heterocycles. The van der Waals surface area contributed by atoms with Crippen molar-refractivity contribution < 1.29 is 4.74 Å². The Morgan fingerprint density at radius 1 is 1.38 bits per heavy atom. The molecule has 5 heteroatoms. The molecule has 0 fully saturated rings. The summed E-state index contributed by atoms with van der Waals surface area (Å²) >= 11 is 0. The van der Waals surface area contributed by atoms with Gasteiger partial charge in [0.25, 0.3) is 0 Å². The molecular weight excluding hydrogens is 264 g/mol. The molecule has 5 nitrogen and oxygen atoms in total. The predicted molar refractivity (Wildman–Crippen MR) is 80.9 cm³/mol. The van der Waals surface area contributed by atoms with E-state index in [1.165, 1.54) is 16.8 Å². The van der Waals surface area contributed by atoms with Crippen molar-refractivity contribution in [2.45, 2.75) is 32.5 Å². The van der Waals surface area contributed by atoms with Crippen molar-refractivity contribution in [3.05, 3.63) is 47.5 Å². The summed E-state index contributed by atoms with van der Waals surface area (Å²) in [6.45, 7) is 6.66. The molecule has 0 N–H and O–H groups in total. The molecule has 3 heterocycles. The second kappa shape index (κ2) is 6.37. The van der Waals surface area contributed by atoms with Gasteiger partial charge in [-0.2, -0.15) is 5.10 Å². The number of fused-ring (bicyclic) bond motifs is 1. The molecule has 0 unspecified atom stereocenters. The maximum absolute atomic E-state index is 5.43. The molecule has 0 aliphatic carbocycles. The normalized spacial score (nSPS) is 18.7. The van der Waals surface area contributed by atoms with Crippen LogP contribution in [0.1, 0.15) is 29.7 Å². The van der Waals surface area contributed by atoms with Gasteiger partial charge in [-0.25, -0.2) is 0 Å². The smallest absolute Gasteiger partial charge is 0.0558 e. The second-order valence-corrected chi connectivity index (χ2v) is 5.55. The average molecular weight is 286 g/mol. The van der Waals surface area contributed by atoms with E-state index < -0.39 is 0 Å². The van der Waals surface area contributed by atoms with E-state index in [9.17, 15) is 0 Å². The Morgan fingerprint density at radius 3 is 3.00 bits per heavy atom. The quantitative estimate of drug-likeness (QED) is 0.843. The molecular formula is C16H22N4O. The minimum Gasteiger partial charge on any atom is -0.384 e. The number of aromatic nitrogens is 3. The summed E-state index contributed by atoms with van der Waals surface area (Å²) in [6, 6.07) is 4.12. The van der Waals surface area contributed by atoms with Gasteiger partial charge in [0.15, 0.2) is 0 Å². The highest BCUT2D eigenvalue weighted by atomic mass is 16.5. The second-order valence-electron chi connectivity index (χ2n) is 5.55. The van der Waals surface area contributed by atoms with Crippen molar-refractivity contribution >= 4 is 0 Å². The number of hydrogen-bond donors (Lipinski definition) is 0. The summed E-state index contributed by atoms with van der Waals surface area (Å²) in [5, 5.41) is 4.51. The van der Waals surface area contributed by atoms with Crippen molar-refractivity contribution in [3.8, 4) is 0 Å². The maximum Gasteiger partial charge on any atom is 0.0558 e. The zero-order valence-corrected chi connectivity index (χ0v) is 12.7. The lowest BCUT2D eigenvalue weighted by atomic mass is 9.96. The molecule has 112 valence electrons. The van der Waals surface area contributed by atoms with Gasteiger partial charge in [0, 0.05) is 62.9 Å². The number of rotatable bonds is 5. The van der Waals surface area contributed by atoms with Crippen LogP contribution in [0.3, 0.4) is 0 Å². The van der Waals surface area contributed by atoms with Crippen LogP contribution >= 0.6 is 0 Å². The van der Waals surface area contributed by atoms with E-state index in [2.05, 4.69) is 32.7 Å². The van der Waals surface area contributed by atoms with E-state index in [1.54, 1.807) is 7.11 Å². The molecule has 0 bridgehead atoms. The van der Waals surface area contributed by atoms with Crippen molar-refractivity contribution in [3.63, 3.8) is 0 Å². The van der Waals surface area contributed by atoms with E-state index >= 15 is 0 Å². The molecule has 0 spiro atoms. The van der Waals surface area contributed by atoms with Gasteiger partial charge < -0.3 is 4.74 Å². The van der Waals surface area contributed by atoms with E-state index in [0.717, 1.165) is 32.8 Å². The van der Waals surface area contributed by atoms with Crippen LogP contribution in [-0.4, -0.2) is 39.9 Å². The van der Waals surface area contributed by atoms with Crippen LogP contribution in [0, 0.1) is 0 Å². The first-order valence-electron chi connectivity index (χ1n) is 7.46. The fourth-order valence-corrected chi connectivity index (χ4v) is 3.19. The number of nitrogens with zero attached hydrogens (tertiary/aromatic N) is 4. The molecule has 2 aromatic rings. The van der Waals surface area contributed by atoms with Crippen molar-refractivity contribution in [1.29, 1.82) is 0 Å². The number of aryl methyl sites for hydroxylation is 1. The first kappa shape index (κ1) is 14.2. The van der Waals surface area contributed by atoms with E-state index in [1.807, 2.05) is 24.7 Å². The van der Waals surface area contributed by atoms with E-state index in [-0.39, 0.29) is 0 Å². The topological polar surface area (TPSA) is 43.2 Å². The molecule has 0 saturated carbocycles. The SMILES string of the molecule is CCn1ncc2c1[C@H](COC)CN(Cc1cccnc1)C2. The van der Waals surface area contributed by atoms with Gasteiger partial charge in [-0.15, -0.1) is 0 Å². The maximum atomic E-state index is 5.43. The fraction of sp³-hybridized carbons (Fsp3) is 0.500. The molecule has 3 rings (SSSR count). The highest BCUT2D eigenvalue weighted by molar-refractivity contribution is 5.26. The predicted octanol–water partition coefficient (Wildman–Crippen LogP) is 2.04. The summed E-state index contributed by atoms with van der Waals surface area (Å²) in [4.78, 5) is 6.65. The molecule has 21 heavy (non-hydrogen) atoms. The lowest BCUT2D eigenvalue weighted by molar-refractivity contribution is 0.132. The Kier molecular flexibility index (Phi) is 4.31. The molecule has 1 atom stereocenters. The summed E-state index contributed by atoms with van der Waals surface area (Å²) < 4.78 is 7.54. The van der Waals surface area contributed by atoms with Crippen LogP contribution in [0.4, 0.5) is 0 Å². The van der Waals surface area contributed by atoms with Crippen LogP contribution in [-0.2, 0) is 24.4 Å². The molecule has 0 aromatic carbocycles. The number of hydrogen-bond acceptors (Lipinski definition) is 4. The molecule has 1 aliphatic rings. The monoisotopic (exact) mass is 286 g/mol. The van der Waals surface area contributed by atoms with Crippen molar-refractivity contribution in [2.24, 2.45) is 0 Å². The van der Waals surface area contributed by atoms with Gasteiger partial charge in [0.1, 0.15) is 0 Å². The van der Waals surface area contributed by atoms with Crippen LogP contribution in [0.5, 0.6) is 0 Å². The van der Waals surface area contributed by atoms with Gasteiger partial charge in [-0.05, 0) is 18.6 Å². The summed E-state index contributed by atoms with van der Waals surface area (Å²) in [7, 11) is 1.77. The molecule has 1 aliphatic heterocycles. The first-order valence-corrected chi connectivity index (χ1v) is 7.46. The Morgan fingerprint density at radius 2 is 2.29 bits per heavy atom. The van der Waals surface area contributed by atoms with Gasteiger partial charge in [0.05, 0.1) is 12.8 Å². The van der Waals surface area contributed by atoms with E-state index in [0.29, 0.717) is 5.92 Å². The third-order valence-corrected chi connectivity index (χ3v) is 4.02. The van der Waals surface area contributed by atoms with Crippen LogP contribution in [0.15, 0.2) is 30.7 Å². The number of pyridine rings is 1. The Bertz CT molecular complexity index is 581. The van der Waals surface area contributed by atoms with Crippen LogP contribution < -0.4 is 0 Å². The fourth-order valence-electron chi connectivity index (χ4n) is 3.19. The van der Waals surface area contributed by atoms with Crippen molar-refractivity contribution in [2.75, 3.05) is 20.3 Å². The lowest BCUT2D eigenvalue weighted by Crippen LogP contribution is -2.35. The Balaban J connectivity index is 1.81. The van der Waals surface area contributed by atoms with Crippen LogP contribution in [0.25, 0.3) is 0 Å². The molecule has 0 amide bonds. The van der Waals surface area contributed by atoms with Gasteiger partial charge in [-0.1, -0.05) is 6.07 Å². The van der Waals surface area contributed by atoms with Gasteiger partial charge >= 0.3 is 0 Å². The standard InChI is InChI=1S/C16H22N4O/c1-3-20-16-14(8-18-20)10-19(11-15(16)12-21-2)9-13-5-4-6-17-7-13/h4-8,15H,3,9-12H2,1-2H3/t15-/m0/s1. The first-order chi connectivity index (χ1) is 10.3. The third-order valence-electron chi connectivity index (χ3n) is 4.02. The minimum absolute atomic E-state index is 0.387. The van der Waals surface area contributed by atoms with Gasteiger partial charge in [-0.3, -0.25) is 14.6 Å². The number of ether oxygens (including phenoxy) is 1. The highest BCUT2D eigenvalue weighted by Gasteiger charge is 2.29. The molecule has 0 saturated heterocycles. The highest BCUT2D eigenvalue weighted by Crippen LogP contribution is 2.29. The Labute approximate surface area is 125 Å². The largest absolute Gasteiger partial charge is 0.384 e. The molecule has 0 radical (unpaired) electrons. The van der Waals surface area contributed by atoms with Crippen molar-refractivity contribution in [1.82, 2.24) is 19.7 Å². The Hall–Kier alpha value is -1.72. The van der Waals surface area contributed by atoms with Gasteiger partial charge in [0.2, 0.25) is 0 Å². The third kappa shape index (κ3) is 2.99. The minimum atomic E-state index is 0.387. The summed E-state index contributed by atoms with van der Waals surface area (Å²) in [5.41, 5.74) is 3.93. The zero-order valence-electron chi connectivity index (χ0n) is 12.7. The van der Waals surface area contributed by atoms with Crippen LogP contribution in [0.2, 0.25) is 0 Å². The summed E-state index contributed by atoms with van der Waals surface area (Å²) in [5.74, 6) is 0.387. The lowest BCUT2D eigenvalue weighted by Gasteiger charge is -2.33.